The molecule has 29 heavy (non-hydrogen) atoms. The topological polar surface area (TPSA) is 57.1 Å². The number of rotatable bonds is 1. The number of aliphatic imine (C=N–C) groups is 1. The number of ether oxygens (including phenoxy) is 3. The molecule has 8 heteroatoms. The highest BCUT2D eigenvalue weighted by molar-refractivity contribution is 6.24. The first kappa shape index (κ1) is 18.0. The van der Waals surface area contributed by atoms with Gasteiger partial charge in [0.25, 0.3) is 0 Å². The SMILES string of the molecule is O=C1c2c(ccc3ccc4c(c23)OCCO4)OCC1C1=NCCC=C1C(F)(F)F. The molecule has 0 bridgehead atoms. The molecule has 150 valence electrons. The van der Waals surface area contributed by atoms with Gasteiger partial charge in [-0.1, -0.05) is 18.2 Å². The van der Waals surface area contributed by atoms with Gasteiger partial charge in [-0.15, -0.1) is 0 Å². The van der Waals surface area contributed by atoms with Crippen molar-refractivity contribution in [2.45, 2.75) is 12.6 Å². The average Bonchev–Trinajstić information content (AvgIpc) is 2.73. The summed E-state index contributed by atoms with van der Waals surface area (Å²) < 4.78 is 57.6. The normalized spacial score (nSPS) is 21.2. The Kier molecular flexibility index (Phi) is 4.04. The summed E-state index contributed by atoms with van der Waals surface area (Å²) >= 11 is 0. The number of nitrogens with zero attached hydrogens (tertiary/aromatic N) is 1. The van der Waals surface area contributed by atoms with Crippen LogP contribution in [0.25, 0.3) is 10.8 Å². The van der Waals surface area contributed by atoms with Crippen LogP contribution < -0.4 is 14.2 Å². The minimum absolute atomic E-state index is 0.185. The molecule has 1 atom stereocenters. The highest BCUT2D eigenvalue weighted by Crippen LogP contribution is 2.45. The van der Waals surface area contributed by atoms with E-state index in [0.717, 1.165) is 11.5 Å². The van der Waals surface area contributed by atoms with Crippen molar-refractivity contribution in [2.24, 2.45) is 10.9 Å². The van der Waals surface area contributed by atoms with E-state index in [9.17, 15) is 18.0 Å². The number of alkyl halides is 3. The summed E-state index contributed by atoms with van der Waals surface area (Å²) in [6, 6.07) is 6.99. The van der Waals surface area contributed by atoms with E-state index in [1.807, 2.05) is 0 Å². The van der Waals surface area contributed by atoms with E-state index in [1.54, 1.807) is 24.3 Å². The fourth-order valence-corrected chi connectivity index (χ4v) is 4.03. The first-order valence-electron chi connectivity index (χ1n) is 9.29. The van der Waals surface area contributed by atoms with Gasteiger partial charge >= 0.3 is 6.18 Å². The lowest BCUT2D eigenvalue weighted by molar-refractivity contribution is -0.0868. The highest BCUT2D eigenvalue weighted by atomic mass is 19.4. The van der Waals surface area contributed by atoms with Crippen molar-refractivity contribution in [2.75, 3.05) is 26.4 Å². The quantitative estimate of drug-likeness (QED) is 0.718. The van der Waals surface area contributed by atoms with Crippen molar-refractivity contribution in [3.63, 3.8) is 0 Å². The Morgan fingerprint density at radius 3 is 2.55 bits per heavy atom. The van der Waals surface area contributed by atoms with Gasteiger partial charge < -0.3 is 14.2 Å². The van der Waals surface area contributed by atoms with Crippen LogP contribution in [-0.4, -0.2) is 44.0 Å². The lowest BCUT2D eigenvalue weighted by Crippen LogP contribution is -2.39. The van der Waals surface area contributed by atoms with E-state index < -0.39 is 23.5 Å². The zero-order chi connectivity index (χ0) is 20.2. The predicted octanol–water partition coefficient (Wildman–Crippen LogP) is 4.14. The first-order valence-corrected chi connectivity index (χ1v) is 9.29. The summed E-state index contributed by atoms with van der Waals surface area (Å²) in [5, 5.41) is 1.23. The number of carbonyl (C=O) groups excluding carboxylic acids is 1. The van der Waals surface area contributed by atoms with E-state index in [-0.39, 0.29) is 30.8 Å². The van der Waals surface area contributed by atoms with Gasteiger partial charge in [-0.2, -0.15) is 13.2 Å². The Morgan fingerprint density at radius 2 is 1.76 bits per heavy atom. The molecule has 1 unspecified atom stereocenters. The minimum Gasteiger partial charge on any atom is -0.492 e. The summed E-state index contributed by atoms with van der Waals surface area (Å²) in [4.78, 5) is 17.5. The average molecular weight is 403 g/mol. The fraction of sp³-hybridized carbons (Fsp3) is 0.333. The first-order chi connectivity index (χ1) is 13.9. The zero-order valence-electron chi connectivity index (χ0n) is 15.2. The van der Waals surface area contributed by atoms with Crippen LogP contribution in [0.1, 0.15) is 16.8 Å². The van der Waals surface area contributed by atoms with Gasteiger partial charge in [-0.3, -0.25) is 9.79 Å². The van der Waals surface area contributed by atoms with Gasteiger partial charge in [0.15, 0.2) is 17.3 Å². The van der Waals surface area contributed by atoms with Crippen LogP contribution in [0.4, 0.5) is 13.2 Å². The van der Waals surface area contributed by atoms with Gasteiger partial charge in [0.05, 0.1) is 22.8 Å². The number of dihydropyridines is 1. The van der Waals surface area contributed by atoms with Crippen molar-refractivity contribution in [1.29, 1.82) is 0 Å². The molecule has 3 aliphatic heterocycles. The second-order valence-electron chi connectivity index (χ2n) is 7.03. The van der Waals surface area contributed by atoms with Crippen LogP contribution >= 0.6 is 0 Å². The van der Waals surface area contributed by atoms with Crippen LogP contribution in [0.5, 0.6) is 17.2 Å². The molecule has 5 nitrogen and oxygen atoms in total. The second-order valence-corrected chi connectivity index (χ2v) is 7.03. The number of Topliss-reactive ketones (excluding diaryl/α,β-unsaturated/α-hetero) is 1. The third-order valence-corrected chi connectivity index (χ3v) is 5.29. The van der Waals surface area contributed by atoms with E-state index in [4.69, 9.17) is 14.2 Å². The molecular formula is C21H16F3NO4. The van der Waals surface area contributed by atoms with Crippen LogP contribution in [0.15, 0.2) is 40.9 Å². The molecular weight excluding hydrogens is 387 g/mol. The second kappa shape index (κ2) is 6.50. The summed E-state index contributed by atoms with van der Waals surface area (Å²) in [6.07, 6.45) is -3.28. The molecule has 3 aliphatic rings. The molecule has 0 saturated carbocycles. The number of halogens is 3. The molecule has 2 aromatic carbocycles. The van der Waals surface area contributed by atoms with Crippen molar-refractivity contribution < 1.29 is 32.2 Å². The number of carbonyl (C=O) groups is 1. The fourth-order valence-electron chi connectivity index (χ4n) is 4.03. The Bertz CT molecular complexity index is 1080. The van der Waals surface area contributed by atoms with Crippen molar-refractivity contribution in [1.82, 2.24) is 0 Å². The Labute approximate surface area is 163 Å². The molecule has 0 aromatic heterocycles. The third-order valence-electron chi connectivity index (χ3n) is 5.29. The maximum absolute atomic E-state index is 13.5. The number of allylic oxidation sites excluding steroid dienone is 1. The standard InChI is InChI=1S/C21H16F3NO4/c22-21(23,24)13-2-1-7-25-18(13)12-10-29-14-5-3-11-4-6-15-20(28-9-8-27-15)16(11)17(14)19(12)26/h2-6,12H,1,7-10H2. The van der Waals surface area contributed by atoms with Crippen LogP contribution in [0.2, 0.25) is 0 Å². The van der Waals surface area contributed by atoms with Gasteiger partial charge in [0.2, 0.25) is 0 Å². The highest BCUT2D eigenvalue weighted by Gasteiger charge is 2.44. The molecule has 0 spiro atoms. The molecule has 0 saturated heterocycles. The molecule has 3 heterocycles. The molecule has 5 rings (SSSR count). The third kappa shape index (κ3) is 2.85. The van der Waals surface area contributed by atoms with E-state index >= 15 is 0 Å². The van der Waals surface area contributed by atoms with E-state index in [0.29, 0.717) is 35.8 Å². The van der Waals surface area contributed by atoms with Crippen molar-refractivity contribution in [3.8, 4) is 17.2 Å². The minimum atomic E-state index is -4.57. The number of hydrogen-bond donors (Lipinski definition) is 0. The molecule has 0 radical (unpaired) electrons. The smallest absolute Gasteiger partial charge is 0.417 e. The van der Waals surface area contributed by atoms with Crippen LogP contribution in [-0.2, 0) is 0 Å². The maximum Gasteiger partial charge on any atom is 0.417 e. The van der Waals surface area contributed by atoms with Crippen LogP contribution in [0, 0.1) is 5.92 Å². The molecule has 0 N–H and O–H groups in total. The predicted molar refractivity (Wildman–Crippen MR) is 99.3 cm³/mol. The zero-order valence-corrected chi connectivity index (χ0v) is 15.2. The van der Waals surface area contributed by atoms with Gasteiger partial charge in [-0.05, 0) is 23.9 Å². The van der Waals surface area contributed by atoms with E-state index in [2.05, 4.69) is 4.99 Å². The number of fused-ring (bicyclic) bond motifs is 5. The number of benzene rings is 2. The van der Waals surface area contributed by atoms with Gasteiger partial charge in [0.1, 0.15) is 25.6 Å². The van der Waals surface area contributed by atoms with Gasteiger partial charge in [-0.25, -0.2) is 0 Å². The molecule has 0 fully saturated rings. The Balaban J connectivity index is 1.66. The Hall–Kier alpha value is -3.03. The summed E-state index contributed by atoms with van der Waals surface area (Å²) in [5.74, 6) is -0.328. The molecule has 0 amide bonds. The number of hydrogen-bond acceptors (Lipinski definition) is 5. The lowest BCUT2D eigenvalue weighted by atomic mass is 9.84. The molecule has 0 aliphatic carbocycles. The van der Waals surface area contributed by atoms with Crippen molar-refractivity contribution in [3.05, 3.63) is 41.5 Å². The number of ketones is 1. The summed E-state index contributed by atoms with van der Waals surface area (Å²) in [6.45, 7) is 0.739. The van der Waals surface area contributed by atoms with Gasteiger partial charge in [0, 0.05) is 11.9 Å². The summed E-state index contributed by atoms with van der Waals surface area (Å²) in [5.41, 5.74) is -0.884. The van der Waals surface area contributed by atoms with E-state index in [1.165, 1.54) is 0 Å². The van der Waals surface area contributed by atoms with Crippen molar-refractivity contribution >= 4 is 22.3 Å². The van der Waals surface area contributed by atoms with Crippen LogP contribution in [0.3, 0.4) is 0 Å². The molecule has 2 aromatic rings. The maximum atomic E-state index is 13.5. The Morgan fingerprint density at radius 1 is 1.00 bits per heavy atom. The largest absolute Gasteiger partial charge is 0.492 e. The monoisotopic (exact) mass is 403 g/mol. The lowest BCUT2D eigenvalue weighted by Gasteiger charge is -2.30. The summed E-state index contributed by atoms with van der Waals surface area (Å²) in [7, 11) is 0.